The van der Waals surface area contributed by atoms with Gasteiger partial charge in [0.15, 0.2) is 5.65 Å². The third kappa shape index (κ3) is 2.71. The summed E-state index contributed by atoms with van der Waals surface area (Å²) in [7, 11) is 0. The molecule has 0 radical (unpaired) electrons. The predicted octanol–water partition coefficient (Wildman–Crippen LogP) is 5.60. The summed E-state index contributed by atoms with van der Waals surface area (Å²) in [4.78, 5) is 19.6. The fourth-order valence-corrected chi connectivity index (χ4v) is 4.60. The Morgan fingerprint density at radius 3 is 2.70 bits per heavy atom. The minimum absolute atomic E-state index is 0.676. The summed E-state index contributed by atoms with van der Waals surface area (Å²) in [6.45, 7) is 2.11. The molecule has 0 fully saturated rings. The van der Waals surface area contributed by atoms with Gasteiger partial charge in [-0.15, -0.1) is 11.3 Å². The van der Waals surface area contributed by atoms with Crippen LogP contribution in [-0.2, 0) is 0 Å². The molecule has 0 aliphatic carbocycles. The Hall–Kier alpha value is -3.84. The average molecular weight is 408 g/mol. The topological polar surface area (TPSA) is 83.1 Å². The third-order valence-electron chi connectivity index (χ3n) is 5.16. The lowest BCUT2D eigenvalue weighted by molar-refractivity contribution is 1.10. The largest absolute Gasteiger partial charge is 0.353 e. The van der Waals surface area contributed by atoms with E-state index >= 15 is 0 Å². The van der Waals surface area contributed by atoms with Crippen molar-refractivity contribution in [2.24, 2.45) is 0 Å². The monoisotopic (exact) mass is 408 g/mol. The number of rotatable bonds is 3. The zero-order valence-corrected chi connectivity index (χ0v) is 16.9. The molecule has 6 aromatic heterocycles. The first-order valence-electron chi connectivity index (χ1n) is 9.57. The van der Waals surface area contributed by atoms with E-state index in [9.17, 15) is 0 Å². The number of nitrogens with one attached hydrogen (secondary N) is 2. The fourth-order valence-electron chi connectivity index (χ4n) is 3.73. The number of aromatic amines is 2. The highest BCUT2D eigenvalue weighted by Gasteiger charge is 2.15. The van der Waals surface area contributed by atoms with Crippen LogP contribution < -0.4 is 0 Å². The molecule has 6 heterocycles. The van der Waals surface area contributed by atoms with Crippen molar-refractivity contribution in [2.45, 2.75) is 6.92 Å². The second-order valence-corrected chi connectivity index (χ2v) is 8.41. The van der Waals surface area contributed by atoms with Crippen LogP contribution >= 0.6 is 11.3 Å². The Balaban J connectivity index is 1.52. The molecule has 0 unspecified atom stereocenters. The normalized spacial score (nSPS) is 11.5. The van der Waals surface area contributed by atoms with Crippen molar-refractivity contribution in [1.29, 1.82) is 0 Å². The summed E-state index contributed by atoms with van der Waals surface area (Å²) in [6.07, 6.45) is 5.44. The van der Waals surface area contributed by atoms with Crippen LogP contribution in [0, 0.1) is 6.92 Å². The van der Waals surface area contributed by atoms with Gasteiger partial charge in [-0.05, 0) is 49.4 Å². The number of thiophene rings is 1. The molecule has 6 rings (SSSR count). The number of H-pyrrole nitrogens is 2. The van der Waals surface area contributed by atoms with Crippen molar-refractivity contribution in [2.75, 3.05) is 0 Å². The van der Waals surface area contributed by atoms with E-state index in [1.54, 1.807) is 17.5 Å². The van der Waals surface area contributed by atoms with E-state index in [0.29, 0.717) is 5.65 Å². The maximum absolute atomic E-state index is 4.65. The van der Waals surface area contributed by atoms with Crippen molar-refractivity contribution in [3.05, 3.63) is 72.0 Å². The summed E-state index contributed by atoms with van der Waals surface area (Å²) in [5, 5.41) is 9.58. The Morgan fingerprint density at radius 1 is 0.900 bits per heavy atom. The van der Waals surface area contributed by atoms with Crippen molar-refractivity contribution >= 4 is 33.3 Å². The van der Waals surface area contributed by atoms with Crippen LogP contribution in [0.4, 0.5) is 0 Å². The van der Waals surface area contributed by atoms with Crippen LogP contribution in [-0.4, -0.2) is 30.1 Å². The summed E-state index contributed by atoms with van der Waals surface area (Å²) in [5.74, 6) is 0. The predicted molar refractivity (Wildman–Crippen MR) is 120 cm³/mol. The lowest BCUT2D eigenvalue weighted by Gasteiger charge is -2.00. The van der Waals surface area contributed by atoms with Crippen molar-refractivity contribution in [3.8, 4) is 33.2 Å². The van der Waals surface area contributed by atoms with E-state index in [0.717, 1.165) is 49.5 Å². The highest BCUT2D eigenvalue weighted by molar-refractivity contribution is 7.15. The van der Waals surface area contributed by atoms with Gasteiger partial charge in [0.2, 0.25) is 0 Å². The van der Waals surface area contributed by atoms with Gasteiger partial charge in [-0.1, -0.05) is 6.07 Å². The lowest BCUT2D eigenvalue weighted by atomic mass is 10.1. The number of hydrogen-bond acceptors (Lipinski definition) is 5. The van der Waals surface area contributed by atoms with Crippen LogP contribution in [0.25, 0.3) is 55.2 Å². The van der Waals surface area contributed by atoms with Gasteiger partial charge >= 0.3 is 0 Å². The van der Waals surface area contributed by atoms with E-state index in [-0.39, 0.29) is 0 Å². The van der Waals surface area contributed by atoms with Gasteiger partial charge in [0.25, 0.3) is 0 Å². The summed E-state index contributed by atoms with van der Waals surface area (Å²) in [5.41, 5.74) is 6.40. The zero-order valence-electron chi connectivity index (χ0n) is 16.0. The Labute approximate surface area is 175 Å². The molecule has 0 aliphatic rings. The first kappa shape index (κ1) is 17.1. The standard InChI is InChI=1S/C23H16N6S/c1-13-5-6-20(30-13)22-15-11-19(27-18(15)7-9-25-22)21-16-10-14(12-26-23(16)29-28-21)17-4-2-3-8-24-17/h2-12,27H,1H3,(H,26,28,29). The number of nitrogens with zero attached hydrogens (tertiary/aromatic N) is 4. The quantitative estimate of drug-likeness (QED) is 0.399. The Morgan fingerprint density at radius 2 is 1.87 bits per heavy atom. The van der Waals surface area contributed by atoms with Gasteiger partial charge in [0.1, 0.15) is 0 Å². The molecule has 0 amide bonds. The van der Waals surface area contributed by atoms with Gasteiger partial charge in [0.05, 0.1) is 27.7 Å². The highest BCUT2D eigenvalue weighted by Crippen LogP contribution is 2.35. The summed E-state index contributed by atoms with van der Waals surface area (Å²) in [6, 6.07) is 16.3. The number of aromatic nitrogens is 6. The molecular formula is C23H16N6S. The molecule has 0 atom stereocenters. The minimum atomic E-state index is 0.676. The van der Waals surface area contributed by atoms with Gasteiger partial charge in [0, 0.05) is 45.3 Å². The first-order valence-corrected chi connectivity index (χ1v) is 10.4. The van der Waals surface area contributed by atoms with Crippen molar-refractivity contribution in [1.82, 2.24) is 30.1 Å². The molecule has 2 N–H and O–H groups in total. The van der Waals surface area contributed by atoms with Crippen LogP contribution in [0.15, 0.2) is 67.1 Å². The second-order valence-electron chi connectivity index (χ2n) is 7.12. The second kappa shape index (κ2) is 6.60. The molecule has 0 saturated heterocycles. The number of fused-ring (bicyclic) bond motifs is 2. The van der Waals surface area contributed by atoms with Gasteiger partial charge < -0.3 is 4.98 Å². The number of hydrogen-bond donors (Lipinski definition) is 2. The molecule has 0 aliphatic heterocycles. The van der Waals surface area contributed by atoms with E-state index in [2.05, 4.69) is 61.3 Å². The van der Waals surface area contributed by atoms with E-state index < -0.39 is 0 Å². The summed E-state index contributed by atoms with van der Waals surface area (Å²) >= 11 is 1.75. The zero-order chi connectivity index (χ0) is 20.1. The molecule has 144 valence electrons. The average Bonchev–Trinajstić information content (AvgIpc) is 3.51. The van der Waals surface area contributed by atoms with Crippen LogP contribution in [0.3, 0.4) is 0 Å². The number of aryl methyl sites for hydroxylation is 1. The molecule has 0 spiro atoms. The molecule has 0 aromatic carbocycles. The van der Waals surface area contributed by atoms with Crippen molar-refractivity contribution in [3.63, 3.8) is 0 Å². The van der Waals surface area contributed by atoms with E-state index in [1.165, 1.54) is 4.88 Å². The smallest absolute Gasteiger partial charge is 0.181 e. The van der Waals surface area contributed by atoms with Crippen LogP contribution in [0.2, 0.25) is 0 Å². The molecule has 7 heteroatoms. The molecule has 6 nitrogen and oxygen atoms in total. The maximum atomic E-state index is 4.65. The van der Waals surface area contributed by atoms with E-state index in [1.807, 2.05) is 36.7 Å². The molecular weight excluding hydrogens is 392 g/mol. The molecule has 30 heavy (non-hydrogen) atoms. The highest BCUT2D eigenvalue weighted by atomic mass is 32.1. The van der Waals surface area contributed by atoms with Crippen LogP contribution in [0.5, 0.6) is 0 Å². The first-order chi connectivity index (χ1) is 14.8. The molecule has 0 bridgehead atoms. The third-order valence-corrected chi connectivity index (χ3v) is 6.17. The SMILES string of the molecule is Cc1ccc(-c2nccc3[nH]c(-c4[nH]nc5ncc(-c6ccccn6)cc45)cc23)s1. The van der Waals surface area contributed by atoms with Gasteiger partial charge in [-0.3, -0.25) is 15.1 Å². The fraction of sp³-hybridized carbons (Fsp3) is 0.0435. The Kier molecular flexibility index (Phi) is 3.75. The molecule has 6 aromatic rings. The minimum Gasteiger partial charge on any atom is -0.353 e. The van der Waals surface area contributed by atoms with E-state index in [4.69, 9.17) is 0 Å². The van der Waals surface area contributed by atoms with Crippen LogP contribution in [0.1, 0.15) is 4.88 Å². The Bertz CT molecular complexity index is 1510. The van der Waals surface area contributed by atoms with Gasteiger partial charge in [-0.25, -0.2) is 4.98 Å². The molecule has 0 saturated carbocycles. The van der Waals surface area contributed by atoms with Crippen molar-refractivity contribution < 1.29 is 0 Å². The summed E-state index contributed by atoms with van der Waals surface area (Å²) < 4.78 is 0. The number of pyridine rings is 3. The lowest BCUT2D eigenvalue weighted by Crippen LogP contribution is -1.85. The van der Waals surface area contributed by atoms with Gasteiger partial charge in [-0.2, -0.15) is 5.10 Å². The maximum Gasteiger partial charge on any atom is 0.181 e.